The van der Waals surface area contributed by atoms with E-state index in [0.29, 0.717) is 6.61 Å². The maximum Gasteiger partial charge on any atom is 0.307 e. The van der Waals surface area contributed by atoms with Crippen LogP contribution in [0.2, 0.25) is 0 Å². The summed E-state index contributed by atoms with van der Waals surface area (Å²) in [6.45, 7) is 2.54. The van der Waals surface area contributed by atoms with E-state index < -0.39 is 6.04 Å². The molecule has 2 aromatic rings. The first-order valence-electron chi connectivity index (χ1n) is 7.94. The highest BCUT2D eigenvalue weighted by molar-refractivity contribution is 7.10. The number of nitrogens with one attached hydrogen (secondary N) is 1. The zero-order valence-corrected chi connectivity index (χ0v) is 15.0. The number of hydrogen-bond donors (Lipinski definition) is 1. The van der Waals surface area contributed by atoms with Crippen molar-refractivity contribution in [1.29, 1.82) is 0 Å². The molecule has 132 valence electrons. The average Bonchev–Trinajstić information content (AvgIpc) is 3.15. The molecule has 0 aliphatic heterocycles. The van der Waals surface area contributed by atoms with Crippen molar-refractivity contribution in [3.63, 3.8) is 0 Å². The smallest absolute Gasteiger partial charge is 0.307 e. The van der Waals surface area contributed by atoms with Crippen LogP contribution < -0.4 is 10.1 Å². The Morgan fingerprint density at radius 2 is 2.00 bits per heavy atom. The van der Waals surface area contributed by atoms with Crippen LogP contribution in [0, 0.1) is 0 Å². The lowest BCUT2D eigenvalue weighted by molar-refractivity contribution is -0.141. The highest BCUT2D eigenvalue weighted by Gasteiger charge is 2.18. The molecule has 0 radical (unpaired) electrons. The van der Waals surface area contributed by atoms with E-state index in [9.17, 15) is 9.59 Å². The van der Waals surface area contributed by atoms with E-state index in [1.54, 1.807) is 6.08 Å². The Bertz CT molecular complexity index is 708. The van der Waals surface area contributed by atoms with Crippen molar-refractivity contribution in [2.45, 2.75) is 19.4 Å². The summed E-state index contributed by atoms with van der Waals surface area (Å²) in [5.74, 6) is 0.158. The van der Waals surface area contributed by atoms with Crippen molar-refractivity contribution in [3.8, 4) is 5.75 Å². The maximum absolute atomic E-state index is 12.2. The second-order valence-electron chi connectivity index (χ2n) is 5.19. The van der Waals surface area contributed by atoms with Gasteiger partial charge in [0.05, 0.1) is 26.2 Å². The lowest BCUT2D eigenvalue weighted by Gasteiger charge is -2.15. The summed E-state index contributed by atoms with van der Waals surface area (Å²) < 4.78 is 10.1. The number of benzene rings is 1. The molecule has 0 spiro atoms. The molecule has 0 aliphatic carbocycles. The summed E-state index contributed by atoms with van der Waals surface area (Å²) in [6, 6.07) is 10.8. The zero-order chi connectivity index (χ0) is 18.1. The molecular weight excluding hydrogens is 338 g/mol. The Morgan fingerprint density at radius 1 is 1.24 bits per heavy atom. The molecule has 0 bridgehead atoms. The third kappa shape index (κ3) is 6.08. The summed E-state index contributed by atoms with van der Waals surface area (Å²) in [4.78, 5) is 24.7. The molecule has 1 amide bonds. The van der Waals surface area contributed by atoms with Crippen molar-refractivity contribution in [2.24, 2.45) is 0 Å². The molecule has 0 saturated heterocycles. The SMILES string of the molecule is CCOc1ccc(/C=C/C(=O)NC(CC(=O)OC)c2cccs2)cc1. The monoisotopic (exact) mass is 359 g/mol. The van der Waals surface area contributed by atoms with Gasteiger partial charge in [-0.2, -0.15) is 0 Å². The minimum atomic E-state index is -0.398. The van der Waals surface area contributed by atoms with Gasteiger partial charge in [-0.1, -0.05) is 18.2 Å². The van der Waals surface area contributed by atoms with Crippen molar-refractivity contribution in [2.75, 3.05) is 13.7 Å². The third-order valence-corrected chi connectivity index (χ3v) is 4.41. The zero-order valence-electron chi connectivity index (χ0n) is 14.2. The largest absolute Gasteiger partial charge is 0.494 e. The predicted octanol–water partition coefficient (Wildman–Crippen LogP) is 3.58. The van der Waals surface area contributed by atoms with Gasteiger partial charge in [0.1, 0.15) is 5.75 Å². The molecule has 1 atom stereocenters. The number of amides is 1. The van der Waals surface area contributed by atoms with Gasteiger partial charge in [-0.25, -0.2) is 0 Å². The van der Waals surface area contributed by atoms with Crippen molar-refractivity contribution in [3.05, 3.63) is 58.3 Å². The van der Waals surface area contributed by atoms with Gasteiger partial charge in [0.2, 0.25) is 5.91 Å². The predicted molar refractivity (Wildman–Crippen MR) is 98.5 cm³/mol. The molecule has 0 fully saturated rings. The van der Waals surface area contributed by atoms with E-state index >= 15 is 0 Å². The van der Waals surface area contributed by atoms with E-state index in [1.165, 1.54) is 24.5 Å². The molecule has 1 unspecified atom stereocenters. The van der Waals surface area contributed by atoms with Crippen molar-refractivity contribution >= 4 is 29.3 Å². The molecule has 0 aliphatic rings. The van der Waals surface area contributed by atoms with Gasteiger partial charge < -0.3 is 14.8 Å². The van der Waals surface area contributed by atoms with Gasteiger partial charge in [-0.05, 0) is 42.1 Å². The fourth-order valence-corrected chi connectivity index (χ4v) is 2.97. The first-order valence-corrected chi connectivity index (χ1v) is 8.82. The first kappa shape index (κ1) is 18.7. The Kier molecular flexibility index (Phi) is 7.22. The first-order chi connectivity index (χ1) is 12.1. The number of hydrogen-bond acceptors (Lipinski definition) is 5. The topological polar surface area (TPSA) is 64.6 Å². The van der Waals surface area contributed by atoms with Crippen LogP contribution in [0.3, 0.4) is 0 Å². The van der Waals surface area contributed by atoms with Gasteiger partial charge >= 0.3 is 5.97 Å². The lowest BCUT2D eigenvalue weighted by Crippen LogP contribution is -2.28. The Morgan fingerprint density at radius 3 is 2.60 bits per heavy atom. The van der Waals surface area contributed by atoms with E-state index in [-0.39, 0.29) is 18.3 Å². The quantitative estimate of drug-likeness (QED) is 0.578. The third-order valence-electron chi connectivity index (χ3n) is 3.42. The fraction of sp³-hybridized carbons (Fsp3) is 0.263. The fourth-order valence-electron chi connectivity index (χ4n) is 2.20. The molecule has 0 saturated carbocycles. The minimum Gasteiger partial charge on any atom is -0.494 e. The van der Waals surface area contributed by atoms with Gasteiger partial charge in [-0.3, -0.25) is 9.59 Å². The van der Waals surface area contributed by atoms with Crippen LogP contribution in [0.4, 0.5) is 0 Å². The Hall–Kier alpha value is -2.60. The van der Waals surface area contributed by atoms with E-state index in [1.807, 2.05) is 48.7 Å². The van der Waals surface area contributed by atoms with Crippen LogP contribution in [0.25, 0.3) is 6.08 Å². The molecule has 5 nitrogen and oxygen atoms in total. The van der Waals surface area contributed by atoms with Crippen molar-refractivity contribution < 1.29 is 19.1 Å². The Labute approximate surface area is 151 Å². The normalized spacial score (nSPS) is 11.9. The molecule has 6 heteroatoms. The van der Waals surface area contributed by atoms with Crippen LogP contribution in [0.1, 0.15) is 29.8 Å². The van der Waals surface area contributed by atoms with Gasteiger partial charge in [0.25, 0.3) is 0 Å². The van der Waals surface area contributed by atoms with Crippen molar-refractivity contribution in [1.82, 2.24) is 5.32 Å². The molecule has 2 rings (SSSR count). The second kappa shape index (κ2) is 9.64. The van der Waals surface area contributed by atoms with E-state index in [2.05, 4.69) is 5.32 Å². The molecule has 1 aromatic heterocycles. The van der Waals surface area contributed by atoms with E-state index in [0.717, 1.165) is 16.2 Å². The summed E-state index contributed by atoms with van der Waals surface area (Å²) in [5.41, 5.74) is 0.888. The van der Waals surface area contributed by atoms with Crippen LogP contribution in [0.15, 0.2) is 47.9 Å². The molecule has 1 heterocycles. The van der Waals surface area contributed by atoms with Crippen LogP contribution >= 0.6 is 11.3 Å². The summed E-state index contributed by atoms with van der Waals surface area (Å²) in [6.07, 6.45) is 3.27. The number of ether oxygens (including phenoxy) is 2. The second-order valence-corrected chi connectivity index (χ2v) is 6.17. The molecular formula is C19H21NO4S. The van der Waals surface area contributed by atoms with E-state index in [4.69, 9.17) is 9.47 Å². The highest BCUT2D eigenvalue weighted by atomic mass is 32.1. The lowest BCUT2D eigenvalue weighted by atomic mass is 10.1. The van der Waals surface area contributed by atoms with Crippen LogP contribution in [-0.2, 0) is 14.3 Å². The minimum absolute atomic E-state index is 0.0969. The molecule has 1 N–H and O–H groups in total. The number of methoxy groups -OCH3 is 1. The van der Waals surface area contributed by atoms with Crippen LogP contribution in [-0.4, -0.2) is 25.6 Å². The number of thiophene rings is 1. The summed E-state index contributed by atoms with van der Waals surface area (Å²) in [5, 5.41) is 4.75. The standard InChI is InChI=1S/C19H21NO4S/c1-3-24-15-9-6-14(7-10-15)8-11-18(21)20-16(13-19(22)23-2)17-5-4-12-25-17/h4-12,16H,3,13H2,1-2H3,(H,20,21)/b11-8+. The average molecular weight is 359 g/mol. The number of esters is 1. The summed E-state index contributed by atoms with van der Waals surface area (Å²) >= 11 is 1.49. The summed E-state index contributed by atoms with van der Waals surface area (Å²) in [7, 11) is 1.33. The highest BCUT2D eigenvalue weighted by Crippen LogP contribution is 2.22. The van der Waals surface area contributed by atoms with Gasteiger partial charge in [-0.15, -0.1) is 11.3 Å². The van der Waals surface area contributed by atoms with Gasteiger partial charge in [0, 0.05) is 11.0 Å². The maximum atomic E-state index is 12.2. The molecule has 1 aromatic carbocycles. The molecule has 25 heavy (non-hydrogen) atoms. The van der Waals surface area contributed by atoms with Crippen LogP contribution in [0.5, 0.6) is 5.75 Å². The number of rotatable bonds is 8. The number of carbonyl (C=O) groups excluding carboxylic acids is 2. The number of carbonyl (C=O) groups is 2. The Balaban J connectivity index is 1.99. The van der Waals surface area contributed by atoms with Gasteiger partial charge in [0.15, 0.2) is 0 Å².